The van der Waals surface area contributed by atoms with Gasteiger partial charge >= 0.3 is 6.03 Å². The summed E-state index contributed by atoms with van der Waals surface area (Å²) in [7, 11) is 0. The van der Waals surface area contributed by atoms with Crippen LogP contribution in [0.4, 0.5) is 4.79 Å². The molecule has 30 heavy (non-hydrogen) atoms. The molecule has 0 radical (unpaired) electrons. The zero-order valence-electron chi connectivity index (χ0n) is 17.3. The largest absolute Gasteiger partial charge is 0.355 e. The van der Waals surface area contributed by atoms with Crippen LogP contribution < -0.4 is 10.6 Å². The summed E-state index contributed by atoms with van der Waals surface area (Å²) >= 11 is 12.4. The standard InChI is InChI=1S/C21H26Cl2N4O3/c1-4-27-16-10-26(11-17(28)24-8-7-12(2)3)20(29)18(16)19(25-21(27)30)14-6-5-13(22)9-15(14)23/h5-6,9,12,19H,4,7-8,10-11H2,1-3H3,(H,24,28)(H,25,30)/t19-/m0/s1. The van der Waals surface area contributed by atoms with Crippen LogP contribution in [0.25, 0.3) is 0 Å². The molecule has 2 aliphatic rings. The van der Waals surface area contributed by atoms with Gasteiger partial charge in [0.2, 0.25) is 5.91 Å². The molecular formula is C21H26Cl2N4O3. The van der Waals surface area contributed by atoms with Gasteiger partial charge in [-0.25, -0.2) is 4.79 Å². The van der Waals surface area contributed by atoms with E-state index in [0.717, 1.165) is 6.42 Å². The number of rotatable bonds is 7. The molecule has 0 saturated carbocycles. The molecule has 162 valence electrons. The molecule has 1 atom stereocenters. The Kier molecular flexibility index (Phi) is 6.93. The number of hydrogen-bond donors (Lipinski definition) is 2. The fourth-order valence-corrected chi connectivity index (χ4v) is 4.23. The van der Waals surface area contributed by atoms with Crippen molar-refractivity contribution in [3.8, 4) is 0 Å². The van der Waals surface area contributed by atoms with Crippen LogP contribution in [0, 0.1) is 5.92 Å². The van der Waals surface area contributed by atoms with Crippen molar-refractivity contribution in [1.29, 1.82) is 0 Å². The summed E-state index contributed by atoms with van der Waals surface area (Å²) in [5.74, 6) is -0.0153. The number of carbonyl (C=O) groups excluding carboxylic acids is 3. The zero-order chi connectivity index (χ0) is 22.0. The molecule has 0 spiro atoms. The molecule has 3 rings (SSSR count). The number of nitrogens with zero attached hydrogens (tertiary/aromatic N) is 2. The first-order chi connectivity index (χ1) is 14.2. The second-order valence-corrected chi connectivity index (χ2v) is 8.69. The van der Waals surface area contributed by atoms with Crippen LogP contribution in [-0.4, -0.2) is 53.8 Å². The molecule has 2 N–H and O–H groups in total. The van der Waals surface area contributed by atoms with Crippen LogP contribution in [-0.2, 0) is 9.59 Å². The van der Waals surface area contributed by atoms with E-state index in [1.807, 2.05) is 6.92 Å². The Morgan fingerprint density at radius 1 is 1.30 bits per heavy atom. The summed E-state index contributed by atoms with van der Waals surface area (Å²) in [4.78, 5) is 41.2. The molecule has 2 aliphatic heterocycles. The maximum atomic E-state index is 13.2. The molecule has 1 aromatic rings. The molecule has 4 amide bonds. The van der Waals surface area contributed by atoms with Crippen LogP contribution in [0.5, 0.6) is 0 Å². The van der Waals surface area contributed by atoms with Gasteiger partial charge in [-0.3, -0.25) is 14.5 Å². The SMILES string of the molecule is CCN1C(=O)N[C@@H](c2ccc(Cl)cc2Cl)C2=C1CN(CC(=O)NCCC(C)C)C2=O. The number of likely N-dealkylation sites (N-methyl/N-ethyl adjacent to an activating group) is 1. The number of nitrogens with one attached hydrogen (secondary N) is 2. The van der Waals surface area contributed by atoms with Gasteiger partial charge in [0, 0.05) is 23.1 Å². The van der Waals surface area contributed by atoms with Crippen LogP contribution in [0.3, 0.4) is 0 Å². The Hall–Kier alpha value is -2.25. The number of halogens is 2. The van der Waals surface area contributed by atoms with Crippen molar-refractivity contribution < 1.29 is 14.4 Å². The van der Waals surface area contributed by atoms with E-state index in [-0.39, 0.29) is 30.9 Å². The van der Waals surface area contributed by atoms with Gasteiger partial charge in [0.1, 0.15) is 6.54 Å². The van der Waals surface area contributed by atoms with Gasteiger partial charge in [0.25, 0.3) is 5.91 Å². The first-order valence-electron chi connectivity index (χ1n) is 10.0. The Morgan fingerprint density at radius 2 is 2.03 bits per heavy atom. The van der Waals surface area contributed by atoms with Crippen molar-refractivity contribution in [2.75, 3.05) is 26.2 Å². The van der Waals surface area contributed by atoms with Crippen molar-refractivity contribution in [3.63, 3.8) is 0 Å². The fraction of sp³-hybridized carbons (Fsp3) is 0.476. The highest BCUT2D eigenvalue weighted by atomic mass is 35.5. The first-order valence-corrected chi connectivity index (χ1v) is 10.8. The summed E-state index contributed by atoms with van der Waals surface area (Å²) in [6, 6.07) is 3.96. The van der Waals surface area contributed by atoms with Crippen molar-refractivity contribution in [2.24, 2.45) is 5.92 Å². The van der Waals surface area contributed by atoms with Gasteiger partial charge in [-0.2, -0.15) is 0 Å². The third-order valence-electron chi connectivity index (χ3n) is 5.26. The molecule has 2 heterocycles. The monoisotopic (exact) mass is 452 g/mol. The molecule has 1 aromatic carbocycles. The Balaban J connectivity index is 1.84. The van der Waals surface area contributed by atoms with Crippen LogP contribution >= 0.6 is 23.2 Å². The molecule has 0 fully saturated rings. The highest BCUT2D eigenvalue weighted by Crippen LogP contribution is 2.39. The van der Waals surface area contributed by atoms with Crippen molar-refractivity contribution in [3.05, 3.63) is 45.1 Å². The maximum absolute atomic E-state index is 13.2. The van der Waals surface area contributed by atoms with Crippen molar-refractivity contribution in [2.45, 2.75) is 33.2 Å². The quantitative estimate of drug-likeness (QED) is 0.665. The summed E-state index contributed by atoms with van der Waals surface area (Å²) in [5.41, 5.74) is 1.64. The van der Waals surface area contributed by atoms with E-state index in [9.17, 15) is 14.4 Å². The van der Waals surface area contributed by atoms with Gasteiger partial charge in [0.05, 0.1) is 23.9 Å². The minimum absolute atomic E-state index is 0.0588. The summed E-state index contributed by atoms with van der Waals surface area (Å²) < 4.78 is 0. The van der Waals surface area contributed by atoms with Crippen LogP contribution in [0.15, 0.2) is 29.5 Å². The predicted octanol–water partition coefficient (Wildman–Crippen LogP) is 3.34. The second-order valence-electron chi connectivity index (χ2n) is 7.85. The first kappa shape index (κ1) is 22.4. The topological polar surface area (TPSA) is 81.8 Å². The van der Waals surface area contributed by atoms with Gasteiger partial charge in [-0.1, -0.05) is 43.1 Å². The number of carbonyl (C=O) groups is 3. The maximum Gasteiger partial charge on any atom is 0.322 e. The number of amides is 4. The molecule has 0 aromatic heterocycles. The van der Waals surface area contributed by atoms with E-state index in [2.05, 4.69) is 24.5 Å². The van der Waals surface area contributed by atoms with Crippen molar-refractivity contribution in [1.82, 2.24) is 20.4 Å². The van der Waals surface area contributed by atoms with Gasteiger partial charge in [0.15, 0.2) is 0 Å². The normalized spacial score (nSPS) is 18.8. The predicted molar refractivity (Wildman–Crippen MR) is 116 cm³/mol. The fourth-order valence-electron chi connectivity index (χ4n) is 3.71. The highest BCUT2D eigenvalue weighted by Gasteiger charge is 2.44. The molecular weight excluding hydrogens is 427 g/mol. The number of urea groups is 1. The molecule has 0 bridgehead atoms. The molecule has 9 heteroatoms. The minimum atomic E-state index is -0.693. The average Bonchev–Trinajstić information content (AvgIpc) is 2.97. The Labute approximate surface area is 186 Å². The van der Waals surface area contributed by atoms with Gasteiger partial charge < -0.3 is 15.5 Å². The lowest BCUT2D eigenvalue weighted by Crippen LogP contribution is -2.47. The zero-order valence-corrected chi connectivity index (χ0v) is 18.8. The molecule has 7 nitrogen and oxygen atoms in total. The Morgan fingerprint density at radius 3 is 2.67 bits per heavy atom. The lowest BCUT2D eigenvalue weighted by atomic mass is 9.95. The van der Waals surface area contributed by atoms with E-state index in [4.69, 9.17) is 23.2 Å². The highest BCUT2D eigenvalue weighted by molar-refractivity contribution is 6.35. The van der Waals surface area contributed by atoms with E-state index >= 15 is 0 Å². The summed E-state index contributed by atoms with van der Waals surface area (Å²) in [5, 5.41) is 6.55. The third kappa shape index (κ3) is 4.57. The third-order valence-corrected chi connectivity index (χ3v) is 5.83. The second kappa shape index (κ2) is 9.27. The van der Waals surface area contributed by atoms with Crippen LogP contribution in [0.1, 0.15) is 38.8 Å². The summed E-state index contributed by atoms with van der Waals surface area (Å²) in [6.07, 6.45) is 0.869. The summed E-state index contributed by atoms with van der Waals surface area (Å²) in [6.45, 7) is 7.12. The molecule has 0 unspecified atom stereocenters. The van der Waals surface area contributed by atoms with Crippen LogP contribution in [0.2, 0.25) is 10.0 Å². The minimum Gasteiger partial charge on any atom is -0.355 e. The lowest BCUT2D eigenvalue weighted by Gasteiger charge is -2.33. The van der Waals surface area contributed by atoms with Gasteiger partial charge in [-0.15, -0.1) is 0 Å². The van der Waals surface area contributed by atoms with Crippen molar-refractivity contribution >= 4 is 41.0 Å². The van der Waals surface area contributed by atoms with E-state index in [1.165, 1.54) is 9.80 Å². The molecule has 0 saturated heterocycles. The van der Waals surface area contributed by atoms with Gasteiger partial charge in [-0.05, 0) is 37.0 Å². The molecule has 0 aliphatic carbocycles. The lowest BCUT2D eigenvalue weighted by molar-refractivity contribution is -0.131. The number of hydrogen-bond acceptors (Lipinski definition) is 3. The van der Waals surface area contributed by atoms with E-state index < -0.39 is 6.04 Å². The van der Waals surface area contributed by atoms with E-state index in [0.29, 0.717) is 45.9 Å². The average molecular weight is 453 g/mol. The Bertz CT molecular complexity index is 900. The number of benzene rings is 1. The van der Waals surface area contributed by atoms with E-state index in [1.54, 1.807) is 18.2 Å². The smallest absolute Gasteiger partial charge is 0.322 e.